The summed E-state index contributed by atoms with van der Waals surface area (Å²) < 4.78 is 0. The van der Waals surface area contributed by atoms with Crippen molar-refractivity contribution in [1.29, 1.82) is 0 Å². The Hall–Kier alpha value is -1.00. The molecule has 2 atom stereocenters. The predicted octanol–water partition coefficient (Wildman–Crippen LogP) is 2.15. The van der Waals surface area contributed by atoms with Crippen LogP contribution in [0.3, 0.4) is 0 Å². The van der Waals surface area contributed by atoms with Crippen LogP contribution in [0.25, 0.3) is 0 Å². The minimum absolute atomic E-state index is 0.135. The molecule has 0 saturated heterocycles. The normalized spacial score (nSPS) is 16.7. The summed E-state index contributed by atoms with van der Waals surface area (Å²) in [5.74, 6) is 1.00. The van der Waals surface area contributed by atoms with Gasteiger partial charge in [-0.2, -0.15) is 0 Å². The Morgan fingerprint density at radius 3 is 2.44 bits per heavy atom. The molecule has 1 aromatic rings. The first-order valence-electron chi connectivity index (χ1n) is 6.50. The van der Waals surface area contributed by atoms with E-state index in [1.54, 1.807) is 0 Å². The van der Waals surface area contributed by atoms with E-state index in [4.69, 9.17) is 0 Å². The maximum absolute atomic E-state index is 10.2. The molecule has 0 bridgehead atoms. The number of aromatic nitrogens is 2. The number of aliphatic hydroxyl groups is 1. The van der Waals surface area contributed by atoms with Gasteiger partial charge in [-0.3, -0.25) is 0 Å². The monoisotopic (exact) mass is 251 g/mol. The van der Waals surface area contributed by atoms with Gasteiger partial charge in [-0.05, 0) is 33.6 Å². The molecule has 0 aromatic carbocycles. The molecule has 0 radical (unpaired) electrons. The molecule has 0 spiro atoms. The van der Waals surface area contributed by atoms with Crippen LogP contribution in [0.5, 0.6) is 0 Å². The van der Waals surface area contributed by atoms with E-state index >= 15 is 0 Å². The Bertz CT molecular complexity index is 402. The molecule has 2 unspecified atom stereocenters. The highest BCUT2D eigenvalue weighted by molar-refractivity contribution is 5.19. The lowest BCUT2D eigenvalue weighted by molar-refractivity contribution is 0.0121. The maximum Gasteiger partial charge on any atom is 0.125 e. The second-order valence-electron chi connectivity index (χ2n) is 5.57. The fraction of sp³-hybridized carbons (Fsp3) is 0.714. The third-order valence-electron chi connectivity index (χ3n) is 3.61. The van der Waals surface area contributed by atoms with E-state index in [1.807, 2.05) is 40.8 Å². The Morgan fingerprint density at radius 2 is 1.94 bits per heavy atom. The first kappa shape index (κ1) is 15.1. The van der Waals surface area contributed by atoms with Crippen LogP contribution in [0, 0.1) is 19.8 Å². The van der Waals surface area contributed by atoms with E-state index in [2.05, 4.69) is 22.2 Å². The molecule has 4 heteroatoms. The molecule has 0 aliphatic heterocycles. The number of hydrogen-bond donors (Lipinski definition) is 2. The fourth-order valence-corrected chi connectivity index (χ4v) is 1.69. The number of nitrogens with zero attached hydrogens (tertiary/aromatic N) is 2. The van der Waals surface area contributed by atoms with Gasteiger partial charge in [0.15, 0.2) is 0 Å². The van der Waals surface area contributed by atoms with Crippen LogP contribution < -0.4 is 5.32 Å². The molecule has 4 nitrogen and oxygen atoms in total. The van der Waals surface area contributed by atoms with Gasteiger partial charge in [-0.25, -0.2) is 9.97 Å². The molecule has 2 N–H and O–H groups in total. The summed E-state index contributed by atoms with van der Waals surface area (Å²) >= 11 is 0. The van der Waals surface area contributed by atoms with Crippen molar-refractivity contribution >= 4 is 0 Å². The Kier molecular flexibility index (Phi) is 4.82. The second kappa shape index (κ2) is 5.76. The molecule has 1 heterocycles. The fourth-order valence-electron chi connectivity index (χ4n) is 1.69. The lowest BCUT2D eigenvalue weighted by atomic mass is 9.92. The first-order chi connectivity index (χ1) is 8.24. The third-order valence-corrected chi connectivity index (χ3v) is 3.61. The summed E-state index contributed by atoms with van der Waals surface area (Å²) in [6.07, 6.45) is 1.86. The van der Waals surface area contributed by atoms with Crippen LogP contribution in [-0.4, -0.2) is 27.2 Å². The molecule has 102 valence electrons. The van der Waals surface area contributed by atoms with Gasteiger partial charge in [0.05, 0.1) is 5.60 Å². The number of nitrogens with one attached hydrogen (secondary N) is 1. The van der Waals surface area contributed by atoms with Crippen LogP contribution in [0.15, 0.2) is 6.20 Å². The molecular weight excluding hydrogens is 226 g/mol. The largest absolute Gasteiger partial charge is 0.389 e. The van der Waals surface area contributed by atoms with Gasteiger partial charge in [-0.1, -0.05) is 13.8 Å². The molecule has 0 fully saturated rings. The average molecular weight is 251 g/mol. The van der Waals surface area contributed by atoms with Gasteiger partial charge in [0.2, 0.25) is 0 Å². The molecule has 18 heavy (non-hydrogen) atoms. The van der Waals surface area contributed by atoms with E-state index in [1.165, 1.54) is 0 Å². The van der Waals surface area contributed by atoms with E-state index in [0.717, 1.165) is 17.1 Å². The average Bonchev–Trinajstić information content (AvgIpc) is 2.25. The van der Waals surface area contributed by atoms with Crippen LogP contribution in [0.1, 0.15) is 50.8 Å². The van der Waals surface area contributed by atoms with Gasteiger partial charge in [-0.15, -0.1) is 0 Å². The van der Waals surface area contributed by atoms with Crippen LogP contribution in [0.2, 0.25) is 0 Å². The lowest BCUT2D eigenvalue weighted by Gasteiger charge is -2.30. The molecule has 1 rings (SSSR count). The topological polar surface area (TPSA) is 58.0 Å². The molecule has 0 saturated carbocycles. The van der Waals surface area contributed by atoms with E-state index < -0.39 is 5.60 Å². The minimum atomic E-state index is -0.701. The van der Waals surface area contributed by atoms with Crippen LogP contribution >= 0.6 is 0 Å². The highest BCUT2D eigenvalue weighted by atomic mass is 16.3. The number of rotatable bonds is 5. The van der Waals surface area contributed by atoms with Gasteiger partial charge in [0.25, 0.3) is 0 Å². The van der Waals surface area contributed by atoms with Crippen molar-refractivity contribution in [2.75, 3.05) is 6.54 Å². The van der Waals surface area contributed by atoms with Crippen molar-refractivity contribution in [3.05, 3.63) is 23.3 Å². The van der Waals surface area contributed by atoms with Gasteiger partial charge in [0, 0.05) is 30.0 Å². The zero-order chi connectivity index (χ0) is 13.9. The predicted molar refractivity (Wildman–Crippen MR) is 73.4 cm³/mol. The second-order valence-corrected chi connectivity index (χ2v) is 5.57. The summed E-state index contributed by atoms with van der Waals surface area (Å²) in [7, 11) is 0. The van der Waals surface area contributed by atoms with Gasteiger partial charge >= 0.3 is 0 Å². The Balaban J connectivity index is 2.69. The summed E-state index contributed by atoms with van der Waals surface area (Å²) in [5, 5.41) is 13.6. The Morgan fingerprint density at radius 1 is 1.33 bits per heavy atom. The highest BCUT2D eigenvalue weighted by Crippen LogP contribution is 2.18. The maximum atomic E-state index is 10.2. The summed E-state index contributed by atoms with van der Waals surface area (Å²) in [6.45, 7) is 12.4. The smallest absolute Gasteiger partial charge is 0.125 e. The summed E-state index contributed by atoms with van der Waals surface area (Å²) in [6, 6.07) is 0.135. The van der Waals surface area contributed by atoms with Crippen molar-refractivity contribution in [1.82, 2.24) is 15.3 Å². The summed E-state index contributed by atoms with van der Waals surface area (Å²) in [4.78, 5) is 8.59. The van der Waals surface area contributed by atoms with Crippen molar-refractivity contribution < 1.29 is 5.11 Å². The third kappa shape index (κ3) is 3.75. The van der Waals surface area contributed by atoms with Crippen molar-refractivity contribution in [3.8, 4) is 0 Å². The quantitative estimate of drug-likeness (QED) is 0.842. The van der Waals surface area contributed by atoms with Crippen LogP contribution in [0.4, 0.5) is 0 Å². The molecular formula is C14H25N3O. The standard InChI is InChI=1S/C14H25N3O/c1-9(2)14(6,18)8-16-10(3)13-7-15-12(5)17-11(13)4/h7,9-10,16,18H,8H2,1-6H3. The van der Waals surface area contributed by atoms with E-state index in [9.17, 15) is 5.11 Å². The highest BCUT2D eigenvalue weighted by Gasteiger charge is 2.25. The summed E-state index contributed by atoms with van der Waals surface area (Å²) in [5.41, 5.74) is 1.38. The number of hydrogen-bond acceptors (Lipinski definition) is 4. The number of aryl methyl sites for hydroxylation is 2. The molecule has 0 amide bonds. The zero-order valence-corrected chi connectivity index (χ0v) is 12.3. The SMILES string of the molecule is Cc1ncc(C(C)NCC(C)(O)C(C)C)c(C)n1. The zero-order valence-electron chi connectivity index (χ0n) is 12.3. The van der Waals surface area contributed by atoms with Crippen LogP contribution in [-0.2, 0) is 0 Å². The lowest BCUT2D eigenvalue weighted by Crippen LogP contribution is -2.43. The molecule has 1 aromatic heterocycles. The van der Waals surface area contributed by atoms with Crippen molar-refractivity contribution in [2.24, 2.45) is 5.92 Å². The molecule has 0 aliphatic carbocycles. The van der Waals surface area contributed by atoms with Crippen molar-refractivity contribution in [3.63, 3.8) is 0 Å². The van der Waals surface area contributed by atoms with Gasteiger partial charge in [0.1, 0.15) is 5.82 Å². The molecule has 0 aliphatic rings. The first-order valence-corrected chi connectivity index (χ1v) is 6.50. The van der Waals surface area contributed by atoms with Gasteiger partial charge < -0.3 is 10.4 Å². The van der Waals surface area contributed by atoms with E-state index in [-0.39, 0.29) is 12.0 Å². The Labute approximate surface area is 110 Å². The van der Waals surface area contributed by atoms with E-state index in [0.29, 0.717) is 6.54 Å². The minimum Gasteiger partial charge on any atom is -0.389 e. The van der Waals surface area contributed by atoms with Crippen molar-refractivity contribution in [2.45, 2.75) is 53.2 Å².